The van der Waals surface area contributed by atoms with Crippen molar-refractivity contribution >= 4 is 34.6 Å². The smallest absolute Gasteiger partial charge is 0.111 e. The normalized spacial score (nSPS) is 31.3. The highest BCUT2D eigenvalue weighted by atomic mass is 127. The van der Waals surface area contributed by atoms with Crippen LogP contribution in [0.1, 0.15) is 19.8 Å². The van der Waals surface area contributed by atoms with E-state index in [4.69, 9.17) is 0 Å². The van der Waals surface area contributed by atoms with Crippen molar-refractivity contribution in [3.8, 4) is 0 Å². The zero-order valence-corrected chi connectivity index (χ0v) is 10.3. The molecule has 0 N–H and O–H groups in total. The van der Waals surface area contributed by atoms with Crippen LogP contribution in [0.4, 0.5) is 0 Å². The minimum atomic E-state index is 0.355. The Balaban J connectivity index is 2.13. The predicted molar refractivity (Wildman–Crippen MR) is 69.4 cm³/mol. The van der Waals surface area contributed by atoms with Crippen molar-refractivity contribution in [2.75, 3.05) is 0 Å². The molecule has 2 aliphatic rings. The maximum atomic E-state index is 4.33. The van der Waals surface area contributed by atoms with Crippen molar-refractivity contribution in [3.63, 3.8) is 0 Å². The Bertz CT molecular complexity index is 339. The van der Waals surface area contributed by atoms with Gasteiger partial charge in [0.05, 0.1) is 5.71 Å². The van der Waals surface area contributed by atoms with Gasteiger partial charge >= 0.3 is 0 Å². The lowest BCUT2D eigenvalue weighted by Crippen LogP contribution is -2.13. The topological polar surface area (TPSA) is 24.7 Å². The van der Waals surface area contributed by atoms with Gasteiger partial charge in [-0.3, -0.25) is 4.99 Å². The van der Waals surface area contributed by atoms with Crippen LogP contribution >= 0.6 is 22.6 Å². The van der Waals surface area contributed by atoms with Crippen molar-refractivity contribution in [2.45, 2.75) is 23.8 Å². The molecule has 3 heteroatoms. The number of nitrogens with zero attached hydrogens (tertiary/aromatic N) is 2. The number of allylic oxidation sites excluding steroid dienone is 4. The summed E-state index contributed by atoms with van der Waals surface area (Å²) in [4.78, 5) is 8.54. The van der Waals surface area contributed by atoms with Crippen LogP contribution in [0.15, 0.2) is 33.8 Å². The van der Waals surface area contributed by atoms with Crippen LogP contribution in [0.25, 0.3) is 0 Å². The molecule has 0 fully saturated rings. The third-order valence-electron chi connectivity index (χ3n) is 2.45. The molecule has 14 heavy (non-hydrogen) atoms. The Hall–Kier alpha value is -0.450. The first kappa shape index (κ1) is 10.1. The molecule has 1 aliphatic heterocycles. The lowest BCUT2D eigenvalue weighted by Gasteiger charge is -2.16. The Labute approximate surface area is 98.1 Å². The van der Waals surface area contributed by atoms with Gasteiger partial charge in [0.1, 0.15) is 10.4 Å². The largest absolute Gasteiger partial charge is 0.259 e. The number of aliphatic imine (C=N–C) groups is 2. The Morgan fingerprint density at radius 3 is 3.00 bits per heavy atom. The summed E-state index contributed by atoms with van der Waals surface area (Å²) >= 11 is 2.34. The first-order chi connectivity index (χ1) is 6.75. The van der Waals surface area contributed by atoms with E-state index >= 15 is 0 Å². The summed E-state index contributed by atoms with van der Waals surface area (Å²) in [5.41, 5.74) is 2.47. The lowest BCUT2D eigenvalue weighted by molar-refractivity contribution is 0.733. The molecule has 2 unspecified atom stereocenters. The highest BCUT2D eigenvalue weighted by Crippen LogP contribution is 2.21. The van der Waals surface area contributed by atoms with Gasteiger partial charge in [-0.05, 0) is 17.9 Å². The van der Waals surface area contributed by atoms with Crippen molar-refractivity contribution in [2.24, 2.45) is 15.9 Å². The van der Waals surface area contributed by atoms with Crippen LogP contribution in [-0.4, -0.2) is 16.1 Å². The van der Waals surface area contributed by atoms with E-state index in [-0.39, 0.29) is 0 Å². The molecule has 1 heterocycles. The summed E-state index contributed by atoms with van der Waals surface area (Å²) < 4.78 is 0.355. The van der Waals surface area contributed by atoms with Gasteiger partial charge in [-0.1, -0.05) is 47.7 Å². The molecule has 74 valence electrons. The number of hydrogen-bond donors (Lipinski definition) is 0. The Kier molecular flexibility index (Phi) is 3.15. The van der Waals surface area contributed by atoms with Gasteiger partial charge in [0.2, 0.25) is 0 Å². The zero-order valence-electron chi connectivity index (χ0n) is 8.15. The highest BCUT2D eigenvalue weighted by molar-refractivity contribution is 14.1. The third-order valence-corrected chi connectivity index (χ3v) is 3.21. The van der Waals surface area contributed by atoms with Gasteiger partial charge in [0.15, 0.2) is 0 Å². The van der Waals surface area contributed by atoms with Crippen LogP contribution in [0.3, 0.4) is 0 Å². The Morgan fingerprint density at radius 1 is 1.50 bits per heavy atom. The summed E-state index contributed by atoms with van der Waals surface area (Å²) in [5.74, 6) is 0.673. The van der Waals surface area contributed by atoms with E-state index < -0.39 is 0 Å². The van der Waals surface area contributed by atoms with Crippen LogP contribution in [0.2, 0.25) is 0 Å². The fraction of sp³-hybridized carbons (Fsp3) is 0.455. The van der Waals surface area contributed by atoms with E-state index in [2.05, 4.69) is 57.7 Å². The van der Waals surface area contributed by atoms with E-state index in [1.165, 1.54) is 11.3 Å². The second-order valence-electron chi connectivity index (χ2n) is 3.71. The first-order valence-corrected chi connectivity index (χ1v) is 6.11. The van der Waals surface area contributed by atoms with Crippen molar-refractivity contribution in [1.82, 2.24) is 0 Å². The van der Waals surface area contributed by atoms with Crippen LogP contribution in [0.5, 0.6) is 0 Å². The van der Waals surface area contributed by atoms with E-state index in [9.17, 15) is 0 Å². The summed E-state index contributed by atoms with van der Waals surface area (Å²) in [6, 6.07) is 0. The summed E-state index contributed by atoms with van der Waals surface area (Å²) in [7, 11) is 0. The molecule has 0 aromatic rings. The number of halogens is 1. The van der Waals surface area contributed by atoms with Gasteiger partial charge in [0, 0.05) is 6.42 Å². The first-order valence-electron chi connectivity index (χ1n) is 4.87. The van der Waals surface area contributed by atoms with Gasteiger partial charge < -0.3 is 0 Å². The van der Waals surface area contributed by atoms with E-state index in [1.807, 2.05) is 0 Å². The Morgan fingerprint density at radius 2 is 2.36 bits per heavy atom. The molecule has 2 nitrogen and oxygen atoms in total. The average Bonchev–Trinajstić information content (AvgIpc) is 2.19. The maximum Gasteiger partial charge on any atom is 0.111 e. The molecule has 0 radical (unpaired) electrons. The fourth-order valence-electron chi connectivity index (χ4n) is 1.57. The molecule has 2 atom stereocenters. The molecule has 0 spiro atoms. The fourth-order valence-corrected chi connectivity index (χ4v) is 2.14. The molecule has 0 amide bonds. The van der Waals surface area contributed by atoms with Crippen LogP contribution < -0.4 is 0 Å². The van der Waals surface area contributed by atoms with Gasteiger partial charge in [-0.25, -0.2) is 4.99 Å². The summed E-state index contributed by atoms with van der Waals surface area (Å²) in [6.45, 7) is 2.23. The predicted octanol–water partition coefficient (Wildman–Crippen LogP) is 3.14. The van der Waals surface area contributed by atoms with Crippen LogP contribution in [0, 0.1) is 5.92 Å². The van der Waals surface area contributed by atoms with E-state index in [1.54, 1.807) is 6.34 Å². The molecule has 0 aromatic carbocycles. The van der Waals surface area contributed by atoms with E-state index in [0.717, 1.165) is 12.8 Å². The van der Waals surface area contributed by atoms with Gasteiger partial charge in [0.25, 0.3) is 0 Å². The molecule has 2 rings (SSSR count). The second-order valence-corrected chi connectivity index (χ2v) is 5.15. The second kappa shape index (κ2) is 4.38. The molecular weight excluding hydrogens is 287 g/mol. The van der Waals surface area contributed by atoms with Crippen molar-refractivity contribution < 1.29 is 0 Å². The molecule has 0 aromatic heterocycles. The molecule has 0 bridgehead atoms. The quantitative estimate of drug-likeness (QED) is 0.404. The standard InChI is InChI=1S/C11H13IN2/c1-8-2-4-9(5-3-8)10-6-11(12)14-7-13-10/h2,4-5,7-8,11H,3,6H2,1H3. The summed E-state index contributed by atoms with van der Waals surface area (Å²) in [6.07, 6.45) is 10.5. The maximum absolute atomic E-state index is 4.33. The minimum absolute atomic E-state index is 0.355. The molecule has 0 saturated carbocycles. The number of rotatable bonds is 1. The molecule has 1 aliphatic carbocycles. The lowest BCUT2D eigenvalue weighted by atomic mass is 9.95. The average molecular weight is 300 g/mol. The molecular formula is C11H13IN2. The van der Waals surface area contributed by atoms with Gasteiger partial charge in [-0.2, -0.15) is 0 Å². The van der Waals surface area contributed by atoms with Crippen LogP contribution in [-0.2, 0) is 0 Å². The summed E-state index contributed by atoms with van der Waals surface area (Å²) in [5, 5.41) is 0. The van der Waals surface area contributed by atoms with Gasteiger partial charge in [-0.15, -0.1) is 0 Å². The number of hydrogen-bond acceptors (Lipinski definition) is 2. The van der Waals surface area contributed by atoms with Crippen molar-refractivity contribution in [1.29, 1.82) is 0 Å². The zero-order chi connectivity index (χ0) is 9.97. The molecule has 0 saturated heterocycles. The highest BCUT2D eigenvalue weighted by Gasteiger charge is 2.14. The third kappa shape index (κ3) is 2.32. The minimum Gasteiger partial charge on any atom is -0.259 e. The SMILES string of the molecule is CC1C=CC(C2=NC=NC(I)C2)=CC1. The number of alkyl halides is 1. The van der Waals surface area contributed by atoms with Crippen molar-refractivity contribution in [3.05, 3.63) is 23.8 Å². The van der Waals surface area contributed by atoms with E-state index in [0.29, 0.717) is 9.97 Å². The monoisotopic (exact) mass is 300 g/mol.